The molecule has 3 rings (SSSR count). The van der Waals surface area contributed by atoms with Crippen LogP contribution >= 0.6 is 12.2 Å². The van der Waals surface area contributed by atoms with Crippen molar-refractivity contribution in [1.29, 1.82) is 0 Å². The summed E-state index contributed by atoms with van der Waals surface area (Å²) in [7, 11) is 0. The zero-order valence-electron chi connectivity index (χ0n) is 12.1. The summed E-state index contributed by atoms with van der Waals surface area (Å²) in [5.41, 5.74) is 0.542. The second-order valence-corrected chi connectivity index (χ2v) is 6.09. The zero-order valence-corrected chi connectivity index (χ0v) is 12.9. The van der Waals surface area contributed by atoms with E-state index in [4.69, 9.17) is 12.2 Å². The number of aromatic nitrogens is 3. The summed E-state index contributed by atoms with van der Waals surface area (Å²) in [6, 6.07) is 3.57. The number of likely N-dealkylation sites (tertiary alicyclic amines) is 1. The van der Waals surface area contributed by atoms with Gasteiger partial charge >= 0.3 is 0 Å². The molecule has 0 aliphatic carbocycles. The maximum absolute atomic E-state index is 12.5. The predicted octanol–water partition coefficient (Wildman–Crippen LogP) is 0.913. The number of aromatic amines is 1. The Morgan fingerprint density at radius 1 is 1.33 bits per heavy atom. The van der Waals surface area contributed by atoms with Crippen LogP contribution in [0.1, 0.15) is 25.7 Å². The van der Waals surface area contributed by atoms with E-state index >= 15 is 0 Å². The monoisotopic (exact) mass is 305 g/mol. The molecule has 2 aromatic heterocycles. The van der Waals surface area contributed by atoms with Crippen LogP contribution in [0.2, 0.25) is 0 Å². The molecule has 5 nitrogen and oxygen atoms in total. The van der Waals surface area contributed by atoms with Gasteiger partial charge in [-0.3, -0.25) is 9.36 Å². The number of hydrogen-bond acceptors (Lipinski definition) is 3. The largest absolute Gasteiger partial charge is 0.335 e. The maximum Gasteiger partial charge on any atom is 0.263 e. The predicted molar refractivity (Wildman–Crippen MR) is 85.2 cm³/mol. The average molecular weight is 305 g/mol. The molecule has 112 valence electrons. The van der Waals surface area contributed by atoms with E-state index in [0.29, 0.717) is 22.3 Å². The number of nitrogens with zero attached hydrogens (tertiary/aromatic N) is 2. The van der Waals surface area contributed by atoms with Crippen molar-refractivity contribution in [2.45, 2.75) is 32.2 Å². The minimum absolute atomic E-state index is 0.0319. The van der Waals surface area contributed by atoms with Crippen molar-refractivity contribution in [3.63, 3.8) is 0 Å². The lowest BCUT2D eigenvalue weighted by molar-refractivity contribution is -0.905. The summed E-state index contributed by atoms with van der Waals surface area (Å²) in [6.45, 7) is 4.33. The van der Waals surface area contributed by atoms with Gasteiger partial charge in [0.25, 0.3) is 5.56 Å². The number of piperidine rings is 1. The van der Waals surface area contributed by atoms with Crippen LogP contribution in [0.25, 0.3) is 11.0 Å². The van der Waals surface area contributed by atoms with Crippen molar-refractivity contribution in [3.8, 4) is 0 Å². The van der Waals surface area contributed by atoms with Gasteiger partial charge in [0.15, 0.2) is 4.77 Å². The van der Waals surface area contributed by atoms with E-state index in [0.717, 1.165) is 13.0 Å². The average Bonchev–Trinajstić information content (AvgIpc) is 2.51. The fourth-order valence-corrected chi connectivity index (χ4v) is 3.35. The molecule has 0 aromatic carbocycles. The molecule has 1 aliphatic rings. The van der Waals surface area contributed by atoms with Gasteiger partial charge in [-0.2, -0.15) is 0 Å². The standard InChI is InChI=1S/C15H20N4OS/c20-14-12-6-4-7-16-13(12)17-15(21)19(14)11-5-10-18-8-2-1-3-9-18/h4,6-7H,1-3,5,8-11H2,(H,16,17,21)/p+1. The first-order valence-corrected chi connectivity index (χ1v) is 8.08. The minimum Gasteiger partial charge on any atom is -0.335 e. The van der Waals surface area contributed by atoms with Gasteiger partial charge in [0.1, 0.15) is 5.65 Å². The molecule has 0 spiro atoms. The Balaban J connectivity index is 1.74. The number of rotatable bonds is 4. The molecule has 1 saturated heterocycles. The van der Waals surface area contributed by atoms with E-state index in [9.17, 15) is 4.79 Å². The Kier molecular flexibility index (Phi) is 4.45. The third-order valence-electron chi connectivity index (χ3n) is 4.23. The number of nitrogens with one attached hydrogen (secondary N) is 2. The summed E-state index contributed by atoms with van der Waals surface area (Å²) in [6.07, 6.45) is 6.68. The molecule has 1 aliphatic heterocycles. The first-order chi connectivity index (χ1) is 10.3. The van der Waals surface area contributed by atoms with Crippen LogP contribution in [0.15, 0.2) is 23.1 Å². The summed E-state index contributed by atoms with van der Waals surface area (Å²) in [4.78, 5) is 21.3. The zero-order chi connectivity index (χ0) is 14.7. The molecule has 0 radical (unpaired) electrons. The van der Waals surface area contributed by atoms with E-state index in [1.165, 1.54) is 32.4 Å². The van der Waals surface area contributed by atoms with Gasteiger partial charge in [-0.25, -0.2) is 4.98 Å². The lowest BCUT2D eigenvalue weighted by Gasteiger charge is -2.23. The molecule has 3 heterocycles. The smallest absolute Gasteiger partial charge is 0.263 e. The van der Waals surface area contributed by atoms with Gasteiger partial charge in [-0.1, -0.05) is 0 Å². The maximum atomic E-state index is 12.5. The van der Waals surface area contributed by atoms with Crippen molar-refractivity contribution in [2.24, 2.45) is 0 Å². The molecule has 0 saturated carbocycles. The highest BCUT2D eigenvalue weighted by Crippen LogP contribution is 2.03. The molecule has 2 aromatic rings. The molecule has 6 heteroatoms. The molecule has 2 N–H and O–H groups in total. The Morgan fingerprint density at radius 3 is 2.95 bits per heavy atom. The Hall–Kier alpha value is -1.53. The minimum atomic E-state index is -0.0319. The summed E-state index contributed by atoms with van der Waals surface area (Å²) in [5, 5.41) is 0.608. The molecule has 0 amide bonds. The SMILES string of the molecule is O=c1c2cccnc2[nH]c(=S)n1CCC[NH+]1CCCCC1. The Bertz CT molecular complexity index is 730. The van der Waals surface area contributed by atoms with E-state index in [2.05, 4.69) is 9.97 Å². The van der Waals surface area contributed by atoms with Crippen molar-refractivity contribution >= 4 is 23.3 Å². The highest BCUT2D eigenvalue weighted by Gasteiger charge is 2.13. The molecule has 21 heavy (non-hydrogen) atoms. The number of H-pyrrole nitrogens is 1. The summed E-state index contributed by atoms with van der Waals surface area (Å²) in [5.74, 6) is 0. The fraction of sp³-hybridized carbons (Fsp3) is 0.533. The van der Waals surface area contributed by atoms with E-state index in [1.807, 2.05) is 0 Å². The third kappa shape index (κ3) is 3.22. The number of fused-ring (bicyclic) bond motifs is 1. The second kappa shape index (κ2) is 6.49. The van der Waals surface area contributed by atoms with Crippen LogP contribution in [0.4, 0.5) is 0 Å². The van der Waals surface area contributed by atoms with Crippen LogP contribution in [-0.4, -0.2) is 34.2 Å². The molecule has 0 bridgehead atoms. The van der Waals surface area contributed by atoms with Gasteiger partial charge in [-0.15, -0.1) is 0 Å². The molecular weight excluding hydrogens is 284 g/mol. The number of pyridine rings is 1. The van der Waals surface area contributed by atoms with E-state index in [1.54, 1.807) is 27.8 Å². The fourth-order valence-electron chi connectivity index (χ4n) is 3.08. The molecule has 0 unspecified atom stereocenters. The summed E-state index contributed by atoms with van der Waals surface area (Å²) >= 11 is 5.30. The molecule has 0 atom stereocenters. The van der Waals surface area contributed by atoms with Gasteiger partial charge < -0.3 is 9.88 Å². The van der Waals surface area contributed by atoms with E-state index in [-0.39, 0.29) is 5.56 Å². The van der Waals surface area contributed by atoms with Crippen molar-refractivity contribution in [3.05, 3.63) is 33.5 Å². The molecular formula is C15H21N4OS+. The van der Waals surface area contributed by atoms with Gasteiger partial charge in [0, 0.05) is 19.2 Å². The lowest BCUT2D eigenvalue weighted by atomic mass is 10.1. The first kappa shape index (κ1) is 14.4. The molecule has 1 fully saturated rings. The number of quaternary nitrogens is 1. The van der Waals surface area contributed by atoms with Crippen molar-refractivity contribution in [1.82, 2.24) is 14.5 Å². The van der Waals surface area contributed by atoms with Crippen LogP contribution in [0.3, 0.4) is 0 Å². The third-order valence-corrected chi connectivity index (χ3v) is 4.55. The van der Waals surface area contributed by atoms with Crippen LogP contribution < -0.4 is 10.5 Å². The number of hydrogen-bond donors (Lipinski definition) is 2. The highest BCUT2D eigenvalue weighted by molar-refractivity contribution is 7.71. The summed E-state index contributed by atoms with van der Waals surface area (Å²) < 4.78 is 2.14. The first-order valence-electron chi connectivity index (χ1n) is 7.67. The van der Waals surface area contributed by atoms with Gasteiger partial charge in [-0.05, 0) is 43.6 Å². The van der Waals surface area contributed by atoms with Crippen molar-refractivity contribution < 1.29 is 4.90 Å². The van der Waals surface area contributed by atoms with Gasteiger partial charge in [0.05, 0.1) is 25.0 Å². The lowest BCUT2D eigenvalue weighted by Crippen LogP contribution is -3.12. The van der Waals surface area contributed by atoms with Crippen LogP contribution in [-0.2, 0) is 6.54 Å². The Morgan fingerprint density at radius 2 is 2.14 bits per heavy atom. The highest BCUT2D eigenvalue weighted by atomic mass is 32.1. The topological polar surface area (TPSA) is 55.1 Å². The Labute approximate surface area is 128 Å². The van der Waals surface area contributed by atoms with Gasteiger partial charge in [0.2, 0.25) is 0 Å². The van der Waals surface area contributed by atoms with Crippen LogP contribution in [0, 0.1) is 4.77 Å². The van der Waals surface area contributed by atoms with Crippen LogP contribution in [0.5, 0.6) is 0 Å². The van der Waals surface area contributed by atoms with E-state index < -0.39 is 0 Å². The second-order valence-electron chi connectivity index (χ2n) is 5.70. The quantitative estimate of drug-likeness (QED) is 0.826. The normalized spacial score (nSPS) is 16.4. The van der Waals surface area contributed by atoms with Crippen molar-refractivity contribution in [2.75, 3.05) is 19.6 Å².